The minimum Gasteiger partial charge on any atom is -0.301 e. The van der Waals surface area contributed by atoms with Gasteiger partial charge >= 0.3 is 0 Å². The lowest BCUT2D eigenvalue weighted by Crippen LogP contribution is -2.22. The van der Waals surface area contributed by atoms with Crippen LogP contribution in [0.4, 0.5) is 0 Å². The third-order valence-corrected chi connectivity index (χ3v) is 4.17. The zero-order valence-corrected chi connectivity index (χ0v) is 12.4. The second-order valence-corrected chi connectivity index (χ2v) is 5.67. The molecule has 5 heteroatoms. The van der Waals surface area contributed by atoms with Crippen molar-refractivity contribution in [2.45, 2.75) is 39.8 Å². The van der Waals surface area contributed by atoms with E-state index in [1.807, 2.05) is 25.6 Å². The fourth-order valence-electron chi connectivity index (χ4n) is 2.15. The van der Waals surface area contributed by atoms with Gasteiger partial charge in [-0.15, -0.1) is 11.3 Å². The van der Waals surface area contributed by atoms with Crippen molar-refractivity contribution >= 4 is 11.3 Å². The Morgan fingerprint density at radius 1 is 1.28 bits per heavy atom. The van der Waals surface area contributed by atoms with Gasteiger partial charge in [-0.3, -0.25) is 4.68 Å². The summed E-state index contributed by atoms with van der Waals surface area (Å²) in [6.07, 6.45) is 2.08. The molecule has 0 aromatic carbocycles. The predicted molar refractivity (Wildman–Crippen MR) is 74.8 cm³/mol. The Morgan fingerprint density at radius 2 is 2.00 bits per heavy atom. The Hall–Kier alpha value is -1.20. The molecule has 0 saturated carbocycles. The van der Waals surface area contributed by atoms with Gasteiger partial charge in [-0.2, -0.15) is 5.10 Å². The standard InChI is InChI=1S/C13H20N4S/c1-8-7-18-13(14-8)11(4)15-9(2)12-6-17(5)16-10(12)3/h6-7,9,11,15H,1-5H3. The van der Waals surface area contributed by atoms with Crippen molar-refractivity contribution in [3.8, 4) is 0 Å². The van der Waals surface area contributed by atoms with Crippen molar-refractivity contribution in [2.24, 2.45) is 7.05 Å². The normalized spacial score (nSPS) is 14.7. The van der Waals surface area contributed by atoms with Gasteiger partial charge in [0.25, 0.3) is 0 Å². The van der Waals surface area contributed by atoms with Crippen molar-refractivity contribution in [2.75, 3.05) is 0 Å². The van der Waals surface area contributed by atoms with E-state index in [1.165, 1.54) is 5.56 Å². The highest BCUT2D eigenvalue weighted by Crippen LogP contribution is 2.23. The van der Waals surface area contributed by atoms with E-state index < -0.39 is 0 Å². The molecule has 2 heterocycles. The minimum absolute atomic E-state index is 0.262. The fourth-order valence-corrected chi connectivity index (χ4v) is 2.96. The van der Waals surface area contributed by atoms with Crippen molar-refractivity contribution < 1.29 is 0 Å². The smallest absolute Gasteiger partial charge is 0.110 e. The number of hydrogen-bond acceptors (Lipinski definition) is 4. The molecular weight excluding hydrogens is 244 g/mol. The minimum atomic E-state index is 0.262. The second kappa shape index (κ2) is 5.20. The highest BCUT2D eigenvalue weighted by molar-refractivity contribution is 7.09. The van der Waals surface area contributed by atoms with E-state index in [9.17, 15) is 0 Å². The molecule has 4 nitrogen and oxygen atoms in total. The van der Waals surface area contributed by atoms with Crippen molar-refractivity contribution in [3.05, 3.63) is 33.5 Å². The monoisotopic (exact) mass is 264 g/mol. The van der Waals surface area contributed by atoms with Crippen molar-refractivity contribution in [1.82, 2.24) is 20.1 Å². The number of thiazole rings is 1. The van der Waals surface area contributed by atoms with Gasteiger partial charge < -0.3 is 5.32 Å². The Kier molecular flexibility index (Phi) is 3.82. The molecule has 98 valence electrons. The SMILES string of the molecule is Cc1csc(C(C)NC(C)c2cn(C)nc2C)n1. The third kappa shape index (κ3) is 2.79. The first-order chi connectivity index (χ1) is 8.47. The molecule has 0 amide bonds. The van der Waals surface area contributed by atoms with E-state index in [2.05, 4.69) is 40.8 Å². The Balaban J connectivity index is 2.07. The van der Waals surface area contributed by atoms with E-state index in [4.69, 9.17) is 0 Å². The van der Waals surface area contributed by atoms with Crippen LogP contribution in [0.15, 0.2) is 11.6 Å². The first-order valence-electron chi connectivity index (χ1n) is 6.15. The lowest BCUT2D eigenvalue weighted by atomic mass is 10.1. The molecule has 0 spiro atoms. The molecule has 0 radical (unpaired) electrons. The lowest BCUT2D eigenvalue weighted by Gasteiger charge is -2.18. The molecule has 18 heavy (non-hydrogen) atoms. The summed E-state index contributed by atoms with van der Waals surface area (Å²) in [6, 6.07) is 0.538. The largest absolute Gasteiger partial charge is 0.301 e. The maximum atomic E-state index is 4.52. The number of aromatic nitrogens is 3. The van der Waals surface area contributed by atoms with E-state index in [0.717, 1.165) is 16.4 Å². The maximum Gasteiger partial charge on any atom is 0.110 e. The summed E-state index contributed by atoms with van der Waals surface area (Å²) < 4.78 is 1.86. The molecule has 0 bridgehead atoms. The highest BCUT2D eigenvalue weighted by Gasteiger charge is 2.16. The molecular formula is C13H20N4S. The zero-order chi connectivity index (χ0) is 13.3. The molecule has 0 aliphatic carbocycles. The average Bonchev–Trinajstić information content (AvgIpc) is 2.84. The summed E-state index contributed by atoms with van der Waals surface area (Å²) in [5.41, 5.74) is 3.42. The van der Waals surface area contributed by atoms with E-state index in [1.54, 1.807) is 11.3 Å². The van der Waals surface area contributed by atoms with Crippen molar-refractivity contribution in [3.63, 3.8) is 0 Å². The fraction of sp³-hybridized carbons (Fsp3) is 0.538. The van der Waals surface area contributed by atoms with Gasteiger partial charge in [0.2, 0.25) is 0 Å². The molecule has 2 rings (SSSR count). The Bertz CT molecular complexity index is 529. The summed E-state index contributed by atoms with van der Waals surface area (Å²) in [4.78, 5) is 4.52. The molecule has 2 aromatic rings. The molecule has 0 aliphatic rings. The van der Waals surface area contributed by atoms with Crippen LogP contribution in [-0.2, 0) is 7.05 Å². The van der Waals surface area contributed by atoms with Gasteiger partial charge in [-0.25, -0.2) is 4.98 Å². The molecule has 0 saturated heterocycles. The second-order valence-electron chi connectivity index (χ2n) is 4.78. The van der Waals surface area contributed by atoms with Gasteiger partial charge in [0.05, 0.1) is 11.7 Å². The number of nitrogens with zero attached hydrogens (tertiary/aromatic N) is 3. The van der Waals surface area contributed by atoms with Gasteiger partial charge in [0.1, 0.15) is 5.01 Å². The first-order valence-corrected chi connectivity index (χ1v) is 7.03. The van der Waals surface area contributed by atoms with Crippen LogP contribution in [0, 0.1) is 13.8 Å². The molecule has 1 N–H and O–H groups in total. The predicted octanol–water partition coefficient (Wildman–Crippen LogP) is 2.91. The summed E-state index contributed by atoms with van der Waals surface area (Å²) in [5, 5.41) is 11.2. The van der Waals surface area contributed by atoms with Crippen LogP contribution >= 0.6 is 11.3 Å². The van der Waals surface area contributed by atoms with E-state index >= 15 is 0 Å². The highest BCUT2D eigenvalue weighted by atomic mass is 32.1. The molecule has 0 aliphatic heterocycles. The maximum absolute atomic E-state index is 4.52. The molecule has 0 fully saturated rings. The number of aryl methyl sites for hydroxylation is 3. The molecule has 2 unspecified atom stereocenters. The summed E-state index contributed by atoms with van der Waals surface area (Å²) in [7, 11) is 1.96. The van der Waals surface area contributed by atoms with E-state index in [0.29, 0.717) is 0 Å². The summed E-state index contributed by atoms with van der Waals surface area (Å²) in [5.74, 6) is 0. The summed E-state index contributed by atoms with van der Waals surface area (Å²) in [6.45, 7) is 8.40. The van der Waals surface area contributed by atoms with Crippen LogP contribution in [-0.4, -0.2) is 14.8 Å². The average molecular weight is 264 g/mol. The Labute approximate surface area is 112 Å². The van der Waals surface area contributed by atoms with Crippen LogP contribution < -0.4 is 5.32 Å². The van der Waals surface area contributed by atoms with Crippen LogP contribution in [0.25, 0.3) is 0 Å². The number of hydrogen-bond donors (Lipinski definition) is 1. The van der Waals surface area contributed by atoms with Gasteiger partial charge in [0, 0.05) is 35.9 Å². The number of nitrogens with one attached hydrogen (secondary N) is 1. The van der Waals surface area contributed by atoms with Gasteiger partial charge in [0.15, 0.2) is 0 Å². The van der Waals surface area contributed by atoms with Crippen LogP contribution in [0.2, 0.25) is 0 Å². The van der Waals surface area contributed by atoms with E-state index in [-0.39, 0.29) is 12.1 Å². The third-order valence-electron chi connectivity index (χ3n) is 3.03. The molecule has 2 atom stereocenters. The summed E-state index contributed by atoms with van der Waals surface area (Å²) >= 11 is 1.71. The van der Waals surface area contributed by atoms with Crippen LogP contribution in [0.3, 0.4) is 0 Å². The lowest BCUT2D eigenvalue weighted by molar-refractivity contribution is 0.491. The van der Waals surface area contributed by atoms with Crippen LogP contribution in [0.5, 0.6) is 0 Å². The number of rotatable bonds is 4. The quantitative estimate of drug-likeness (QED) is 0.923. The van der Waals surface area contributed by atoms with Crippen molar-refractivity contribution in [1.29, 1.82) is 0 Å². The Morgan fingerprint density at radius 3 is 2.50 bits per heavy atom. The van der Waals surface area contributed by atoms with Gasteiger partial charge in [-0.05, 0) is 27.7 Å². The first kappa shape index (κ1) is 13.2. The zero-order valence-electron chi connectivity index (χ0n) is 11.6. The molecule has 2 aromatic heterocycles. The van der Waals surface area contributed by atoms with Crippen LogP contribution in [0.1, 0.15) is 47.9 Å². The van der Waals surface area contributed by atoms with Gasteiger partial charge in [-0.1, -0.05) is 0 Å². The topological polar surface area (TPSA) is 42.7 Å².